The molecule has 0 aromatic rings. The van der Waals surface area contributed by atoms with E-state index in [2.05, 4.69) is 10.2 Å². The maximum Gasteiger partial charge on any atom is 0.0702 e. The first-order valence-electron chi connectivity index (χ1n) is 7.95. The van der Waals surface area contributed by atoms with E-state index in [9.17, 15) is 0 Å². The van der Waals surface area contributed by atoms with E-state index in [-0.39, 0.29) is 12.4 Å². The molecule has 2 saturated heterocycles. The van der Waals surface area contributed by atoms with Crippen molar-refractivity contribution >= 4 is 12.4 Å². The summed E-state index contributed by atoms with van der Waals surface area (Å²) in [5.41, 5.74) is 0. The van der Waals surface area contributed by atoms with Gasteiger partial charge in [-0.3, -0.25) is 0 Å². The Morgan fingerprint density at radius 3 is 2.53 bits per heavy atom. The number of likely N-dealkylation sites (tertiary alicyclic amines) is 1. The van der Waals surface area contributed by atoms with Gasteiger partial charge in [0.05, 0.1) is 6.10 Å². The zero-order valence-electron chi connectivity index (χ0n) is 12.0. The smallest absolute Gasteiger partial charge is 0.0702 e. The minimum Gasteiger partial charge on any atom is -0.377 e. The normalized spacial score (nSPS) is 30.0. The fourth-order valence-electron chi connectivity index (χ4n) is 3.30. The van der Waals surface area contributed by atoms with Gasteiger partial charge in [0.1, 0.15) is 0 Å². The lowest BCUT2D eigenvalue weighted by Crippen LogP contribution is -2.43. The third kappa shape index (κ3) is 5.22. The van der Waals surface area contributed by atoms with Crippen molar-refractivity contribution in [3.8, 4) is 0 Å². The van der Waals surface area contributed by atoms with Gasteiger partial charge in [0, 0.05) is 19.7 Å². The quantitative estimate of drug-likeness (QED) is 0.840. The van der Waals surface area contributed by atoms with E-state index < -0.39 is 0 Å². The van der Waals surface area contributed by atoms with Crippen molar-refractivity contribution in [2.45, 2.75) is 44.6 Å². The average Bonchev–Trinajstić information content (AvgIpc) is 3.22. The molecule has 19 heavy (non-hydrogen) atoms. The van der Waals surface area contributed by atoms with Gasteiger partial charge in [-0.15, -0.1) is 12.4 Å². The molecule has 3 aliphatic rings. The van der Waals surface area contributed by atoms with E-state index in [1.54, 1.807) is 0 Å². The number of nitrogens with zero attached hydrogens (tertiary/aromatic N) is 1. The first-order chi connectivity index (χ1) is 8.90. The molecule has 0 amide bonds. The molecule has 2 aliphatic heterocycles. The van der Waals surface area contributed by atoms with Gasteiger partial charge in [0.15, 0.2) is 0 Å². The Morgan fingerprint density at radius 1 is 1.00 bits per heavy atom. The van der Waals surface area contributed by atoms with Crippen molar-refractivity contribution in [3.05, 3.63) is 0 Å². The van der Waals surface area contributed by atoms with Crippen molar-refractivity contribution in [2.24, 2.45) is 11.8 Å². The van der Waals surface area contributed by atoms with Crippen LogP contribution in [0.5, 0.6) is 0 Å². The Hall–Kier alpha value is 0.170. The number of piperidine rings is 2. The molecular weight excluding hydrogens is 260 g/mol. The van der Waals surface area contributed by atoms with Crippen LogP contribution in [-0.4, -0.2) is 50.3 Å². The molecule has 3 fully saturated rings. The topological polar surface area (TPSA) is 24.5 Å². The van der Waals surface area contributed by atoms with Crippen molar-refractivity contribution in [3.63, 3.8) is 0 Å². The fraction of sp³-hybridized carbons (Fsp3) is 1.00. The molecule has 1 aliphatic carbocycles. The van der Waals surface area contributed by atoms with E-state index in [4.69, 9.17) is 4.74 Å². The maximum absolute atomic E-state index is 6.07. The molecule has 2 heterocycles. The summed E-state index contributed by atoms with van der Waals surface area (Å²) in [7, 11) is 0. The molecule has 0 radical (unpaired) electrons. The Labute approximate surface area is 123 Å². The van der Waals surface area contributed by atoms with Crippen LogP contribution >= 0.6 is 12.4 Å². The number of nitrogens with one attached hydrogen (secondary N) is 1. The third-order valence-electron chi connectivity index (χ3n) is 4.70. The summed E-state index contributed by atoms with van der Waals surface area (Å²) in [6.07, 6.45) is 8.70. The van der Waals surface area contributed by atoms with Gasteiger partial charge in [-0.05, 0) is 70.0 Å². The van der Waals surface area contributed by atoms with Gasteiger partial charge in [0.25, 0.3) is 0 Å². The van der Waals surface area contributed by atoms with Gasteiger partial charge in [-0.2, -0.15) is 0 Å². The zero-order valence-corrected chi connectivity index (χ0v) is 12.8. The fourth-order valence-corrected chi connectivity index (χ4v) is 3.30. The van der Waals surface area contributed by atoms with Gasteiger partial charge >= 0.3 is 0 Å². The van der Waals surface area contributed by atoms with Crippen molar-refractivity contribution in [1.29, 1.82) is 0 Å². The standard InChI is InChI=1S/C15H28N2O.ClH/c1-2-15(18-12-14-3-4-14)11-17(9-1)10-13-5-7-16-8-6-13;/h13-16H,1-12H2;1H. The highest BCUT2D eigenvalue weighted by Gasteiger charge is 2.27. The second-order valence-corrected chi connectivity index (χ2v) is 6.49. The molecule has 3 nitrogen and oxygen atoms in total. The summed E-state index contributed by atoms with van der Waals surface area (Å²) in [5, 5.41) is 3.46. The van der Waals surface area contributed by atoms with Crippen LogP contribution in [0.2, 0.25) is 0 Å². The van der Waals surface area contributed by atoms with Gasteiger partial charge < -0.3 is 15.0 Å². The maximum atomic E-state index is 6.07. The molecule has 1 unspecified atom stereocenters. The van der Waals surface area contributed by atoms with Crippen LogP contribution in [0.25, 0.3) is 0 Å². The van der Waals surface area contributed by atoms with E-state index >= 15 is 0 Å². The van der Waals surface area contributed by atoms with Crippen LogP contribution in [0, 0.1) is 11.8 Å². The summed E-state index contributed by atoms with van der Waals surface area (Å²) >= 11 is 0. The lowest BCUT2D eigenvalue weighted by molar-refractivity contribution is -0.00973. The van der Waals surface area contributed by atoms with Crippen LogP contribution in [0.3, 0.4) is 0 Å². The van der Waals surface area contributed by atoms with Crippen molar-refractivity contribution < 1.29 is 4.74 Å². The zero-order chi connectivity index (χ0) is 12.2. The van der Waals surface area contributed by atoms with E-state index in [1.807, 2.05) is 0 Å². The molecule has 0 aromatic carbocycles. The molecular formula is C15H29ClN2O. The molecule has 0 aromatic heterocycles. The highest BCUT2D eigenvalue weighted by molar-refractivity contribution is 5.85. The minimum absolute atomic E-state index is 0. The Balaban J connectivity index is 0.00000133. The van der Waals surface area contributed by atoms with Crippen molar-refractivity contribution in [2.75, 3.05) is 39.3 Å². The molecule has 0 spiro atoms. The SMILES string of the molecule is C1CC(OCC2CC2)CN(CC2CCNCC2)C1.Cl. The van der Waals surface area contributed by atoms with Crippen molar-refractivity contribution in [1.82, 2.24) is 10.2 Å². The largest absolute Gasteiger partial charge is 0.377 e. The average molecular weight is 289 g/mol. The molecule has 112 valence electrons. The summed E-state index contributed by atoms with van der Waals surface area (Å²) < 4.78 is 6.07. The molecule has 1 saturated carbocycles. The number of ether oxygens (including phenoxy) is 1. The lowest BCUT2D eigenvalue weighted by Gasteiger charge is -2.36. The predicted molar refractivity (Wildman–Crippen MR) is 81.0 cm³/mol. The van der Waals surface area contributed by atoms with Crippen LogP contribution < -0.4 is 5.32 Å². The minimum atomic E-state index is 0. The van der Waals surface area contributed by atoms with Crippen LogP contribution in [-0.2, 0) is 4.74 Å². The number of halogens is 1. The van der Waals surface area contributed by atoms with E-state index in [1.165, 1.54) is 71.2 Å². The second-order valence-electron chi connectivity index (χ2n) is 6.49. The predicted octanol–water partition coefficient (Wildman–Crippen LogP) is 2.30. The summed E-state index contributed by atoms with van der Waals surface area (Å²) in [5.74, 6) is 1.83. The summed E-state index contributed by atoms with van der Waals surface area (Å²) in [6.45, 7) is 7.28. The van der Waals surface area contributed by atoms with Crippen LogP contribution in [0.1, 0.15) is 38.5 Å². The number of hydrogen-bond acceptors (Lipinski definition) is 3. The molecule has 1 N–H and O–H groups in total. The Kier molecular flexibility index (Phi) is 6.40. The number of hydrogen-bond donors (Lipinski definition) is 1. The van der Waals surface area contributed by atoms with Gasteiger partial charge in [-0.1, -0.05) is 0 Å². The lowest BCUT2D eigenvalue weighted by atomic mass is 9.96. The van der Waals surface area contributed by atoms with Crippen LogP contribution in [0.4, 0.5) is 0 Å². The molecule has 0 bridgehead atoms. The summed E-state index contributed by atoms with van der Waals surface area (Å²) in [6, 6.07) is 0. The summed E-state index contributed by atoms with van der Waals surface area (Å²) in [4.78, 5) is 2.66. The third-order valence-corrected chi connectivity index (χ3v) is 4.70. The Morgan fingerprint density at radius 2 is 1.79 bits per heavy atom. The van der Waals surface area contributed by atoms with E-state index in [0.717, 1.165) is 18.4 Å². The van der Waals surface area contributed by atoms with Gasteiger partial charge in [0.2, 0.25) is 0 Å². The highest BCUT2D eigenvalue weighted by atomic mass is 35.5. The molecule has 4 heteroatoms. The molecule has 1 atom stereocenters. The Bertz CT molecular complexity index is 255. The second kappa shape index (κ2) is 7.82. The highest BCUT2D eigenvalue weighted by Crippen LogP contribution is 2.30. The first kappa shape index (κ1) is 15.6. The van der Waals surface area contributed by atoms with E-state index in [0.29, 0.717) is 6.10 Å². The first-order valence-corrected chi connectivity index (χ1v) is 7.95. The number of rotatable bonds is 5. The molecule has 3 rings (SSSR count). The monoisotopic (exact) mass is 288 g/mol. The van der Waals surface area contributed by atoms with Crippen LogP contribution in [0.15, 0.2) is 0 Å². The van der Waals surface area contributed by atoms with Gasteiger partial charge in [-0.25, -0.2) is 0 Å².